The minimum atomic E-state index is -0.345. The Morgan fingerprint density at radius 1 is 1.21 bits per heavy atom. The van der Waals surface area contributed by atoms with E-state index in [2.05, 4.69) is 20.2 Å². The fraction of sp³-hybridized carbons (Fsp3) is 0.350. The largest absolute Gasteiger partial charge is 0.350 e. The summed E-state index contributed by atoms with van der Waals surface area (Å²) < 4.78 is 13.7. The molecule has 6 nitrogen and oxygen atoms in total. The molecule has 2 aromatic rings. The Kier molecular flexibility index (Phi) is 6.81. The molecule has 1 aromatic heterocycles. The smallest absolute Gasteiger partial charge is 0.227 e. The average Bonchev–Trinajstić information content (AvgIpc) is 2.70. The van der Waals surface area contributed by atoms with Crippen molar-refractivity contribution in [2.75, 3.05) is 33.2 Å². The van der Waals surface area contributed by atoms with Gasteiger partial charge in [0.2, 0.25) is 5.91 Å². The number of rotatable bonds is 4. The van der Waals surface area contributed by atoms with Crippen molar-refractivity contribution in [3.05, 3.63) is 64.7 Å². The van der Waals surface area contributed by atoms with E-state index in [1.54, 1.807) is 25.4 Å². The SMILES string of the molecule is CN=C(NCc1ncccc1F)N1CCN(C(=O)Cc2cccc(Cl)c2)CC1. The molecule has 1 amide bonds. The first-order valence-electron chi connectivity index (χ1n) is 9.14. The summed E-state index contributed by atoms with van der Waals surface area (Å²) in [5.41, 5.74) is 1.26. The fourth-order valence-electron chi connectivity index (χ4n) is 3.14. The van der Waals surface area contributed by atoms with E-state index in [0.29, 0.717) is 49.3 Å². The van der Waals surface area contributed by atoms with Crippen LogP contribution in [0.2, 0.25) is 5.02 Å². The summed E-state index contributed by atoms with van der Waals surface area (Å²) in [4.78, 5) is 24.8. The van der Waals surface area contributed by atoms with Crippen LogP contribution in [0.1, 0.15) is 11.3 Å². The lowest BCUT2D eigenvalue weighted by molar-refractivity contribution is -0.131. The van der Waals surface area contributed by atoms with Crippen molar-refractivity contribution in [1.29, 1.82) is 0 Å². The molecule has 28 heavy (non-hydrogen) atoms. The third-order valence-electron chi connectivity index (χ3n) is 4.64. The maximum Gasteiger partial charge on any atom is 0.227 e. The molecule has 0 atom stereocenters. The van der Waals surface area contributed by atoms with Gasteiger partial charge in [-0.1, -0.05) is 23.7 Å². The zero-order valence-corrected chi connectivity index (χ0v) is 16.5. The Bertz CT molecular complexity index is 852. The molecule has 8 heteroatoms. The number of piperazine rings is 1. The number of carbonyl (C=O) groups excluding carboxylic acids is 1. The number of carbonyl (C=O) groups is 1. The van der Waals surface area contributed by atoms with E-state index in [9.17, 15) is 9.18 Å². The predicted molar refractivity (Wildman–Crippen MR) is 108 cm³/mol. The van der Waals surface area contributed by atoms with Gasteiger partial charge in [0.05, 0.1) is 18.7 Å². The number of aliphatic imine (C=N–C) groups is 1. The summed E-state index contributed by atoms with van der Waals surface area (Å²) in [5.74, 6) is 0.411. The number of guanidine groups is 1. The minimum Gasteiger partial charge on any atom is -0.350 e. The van der Waals surface area contributed by atoms with E-state index >= 15 is 0 Å². The molecule has 3 rings (SSSR count). The van der Waals surface area contributed by atoms with Gasteiger partial charge in [-0.05, 0) is 29.8 Å². The van der Waals surface area contributed by atoms with E-state index in [4.69, 9.17) is 11.6 Å². The Morgan fingerprint density at radius 3 is 2.64 bits per heavy atom. The van der Waals surface area contributed by atoms with Gasteiger partial charge in [-0.2, -0.15) is 0 Å². The van der Waals surface area contributed by atoms with Crippen LogP contribution < -0.4 is 5.32 Å². The number of nitrogens with one attached hydrogen (secondary N) is 1. The lowest BCUT2D eigenvalue weighted by Gasteiger charge is -2.36. The summed E-state index contributed by atoms with van der Waals surface area (Å²) >= 11 is 5.99. The maximum absolute atomic E-state index is 13.7. The van der Waals surface area contributed by atoms with Crippen molar-refractivity contribution in [3.63, 3.8) is 0 Å². The molecule has 1 fully saturated rings. The van der Waals surface area contributed by atoms with Gasteiger partial charge in [-0.3, -0.25) is 14.8 Å². The van der Waals surface area contributed by atoms with Gasteiger partial charge in [0, 0.05) is 44.4 Å². The molecule has 0 saturated carbocycles. The van der Waals surface area contributed by atoms with Gasteiger partial charge in [0.25, 0.3) is 0 Å². The number of nitrogens with zero attached hydrogens (tertiary/aromatic N) is 4. The molecule has 0 unspecified atom stereocenters. The second kappa shape index (κ2) is 9.50. The number of aromatic nitrogens is 1. The van der Waals surface area contributed by atoms with Crippen molar-refractivity contribution < 1.29 is 9.18 Å². The van der Waals surface area contributed by atoms with Crippen LogP contribution in [-0.4, -0.2) is 59.9 Å². The van der Waals surface area contributed by atoms with Crippen LogP contribution in [0.4, 0.5) is 4.39 Å². The molecular weight excluding hydrogens is 381 g/mol. The van der Waals surface area contributed by atoms with Crippen LogP contribution in [0.15, 0.2) is 47.6 Å². The van der Waals surface area contributed by atoms with Crippen molar-refractivity contribution in [3.8, 4) is 0 Å². The molecule has 0 radical (unpaired) electrons. The highest BCUT2D eigenvalue weighted by Gasteiger charge is 2.23. The fourth-order valence-corrected chi connectivity index (χ4v) is 3.36. The number of benzene rings is 1. The van der Waals surface area contributed by atoms with E-state index < -0.39 is 0 Å². The van der Waals surface area contributed by atoms with Crippen molar-refractivity contribution >= 4 is 23.5 Å². The maximum atomic E-state index is 13.7. The third-order valence-corrected chi connectivity index (χ3v) is 4.87. The number of pyridine rings is 1. The molecule has 0 bridgehead atoms. The molecule has 1 aliphatic rings. The van der Waals surface area contributed by atoms with Crippen molar-refractivity contribution in [1.82, 2.24) is 20.1 Å². The Hall–Kier alpha value is -2.67. The Labute approximate surface area is 169 Å². The first-order valence-corrected chi connectivity index (χ1v) is 9.52. The van der Waals surface area contributed by atoms with Gasteiger partial charge in [0.1, 0.15) is 5.82 Å². The van der Waals surface area contributed by atoms with Crippen LogP contribution in [0.5, 0.6) is 0 Å². The molecule has 0 aliphatic carbocycles. The minimum absolute atomic E-state index is 0.0837. The normalized spacial score (nSPS) is 14.9. The summed E-state index contributed by atoms with van der Waals surface area (Å²) in [6.07, 6.45) is 1.90. The van der Waals surface area contributed by atoms with Crippen molar-refractivity contribution in [2.24, 2.45) is 4.99 Å². The van der Waals surface area contributed by atoms with E-state index in [1.807, 2.05) is 23.1 Å². The van der Waals surface area contributed by atoms with Gasteiger partial charge in [0.15, 0.2) is 5.96 Å². The van der Waals surface area contributed by atoms with E-state index in [0.717, 1.165) is 5.56 Å². The summed E-state index contributed by atoms with van der Waals surface area (Å²) in [6.45, 7) is 2.79. The molecular formula is C20H23ClFN5O. The highest BCUT2D eigenvalue weighted by molar-refractivity contribution is 6.30. The zero-order chi connectivity index (χ0) is 19.9. The van der Waals surface area contributed by atoms with Gasteiger partial charge >= 0.3 is 0 Å². The first-order chi connectivity index (χ1) is 13.6. The molecule has 1 saturated heterocycles. The first kappa shape index (κ1) is 20.1. The molecule has 0 spiro atoms. The zero-order valence-electron chi connectivity index (χ0n) is 15.7. The van der Waals surface area contributed by atoms with Crippen molar-refractivity contribution in [2.45, 2.75) is 13.0 Å². The van der Waals surface area contributed by atoms with Gasteiger partial charge in [-0.25, -0.2) is 4.39 Å². The van der Waals surface area contributed by atoms with E-state index in [1.165, 1.54) is 6.07 Å². The molecule has 2 heterocycles. The van der Waals surface area contributed by atoms with Crippen LogP contribution in [-0.2, 0) is 17.8 Å². The van der Waals surface area contributed by atoms with Gasteiger partial charge < -0.3 is 15.1 Å². The quantitative estimate of drug-likeness (QED) is 0.628. The van der Waals surface area contributed by atoms with E-state index in [-0.39, 0.29) is 18.3 Å². The monoisotopic (exact) mass is 403 g/mol. The summed E-state index contributed by atoms with van der Waals surface area (Å²) in [5, 5.41) is 3.78. The lowest BCUT2D eigenvalue weighted by Crippen LogP contribution is -2.54. The Balaban J connectivity index is 1.50. The summed E-state index contributed by atoms with van der Waals surface area (Å²) in [6, 6.07) is 10.3. The molecule has 148 valence electrons. The summed E-state index contributed by atoms with van der Waals surface area (Å²) in [7, 11) is 1.69. The van der Waals surface area contributed by atoms with Crippen LogP contribution in [0.3, 0.4) is 0 Å². The van der Waals surface area contributed by atoms with Gasteiger partial charge in [-0.15, -0.1) is 0 Å². The lowest BCUT2D eigenvalue weighted by atomic mass is 10.1. The standard InChI is InChI=1S/C20H23ClFN5O/c1-23-20(25-14-18-17(22)6-3-7-24-18)27-10-8-26(9-11-27)19(28)13-15-4-2-5-16(21)12-15/h2-7,12H,8-11,13-14H2,1H3,(H,23,25). The number of hydrogen-bond donors (Lipinski definition) is 1. The second-order valence-corrected chi connectivity index (χ2v) is 6.94. The number of halogens is 2. The molecule has 1 aromatic carbocycles. The van der Waals surface area contributed by atoms with Crippen LogP contribution in [0.25, 0.3) is 0 Å². The topological polar surface area (TPSA) is 60.8 Å². The third kappa shape index (κ3) is 5.19. The number of hydrogen-bond acceptors (Lipinski definition) is 3. The second-order valence-electron chi connectivity index (χ2n) is 6.51. The van der Waals surface area contributed by atoms with Crippen LogP contribution in [0, 0.1) is 5.82 Å². The average molecular weight is 404 g/mol. The molecule has 1 aliphatic heterocycles. The van der Waals surface area contributed by atoms with Crippen LogP contribution >= 0.6 is 11.6 Å². The number of amides is 1. The Morgan fingerprint density at radius 2 is 1.96 bits per heavy atom. The predicted octanol–water partition coefficient (Wildman–Crippen LogP) is 2.34. The highest BCUT2D eigenvalue weighted by Crippen LogP contribution is 2.13. The molecule has 1 N–H and O–H groups in total. The highest BCUT2D eigenvalue weighted by atomic mass is 35.5.